The molecule has 3 amide bonds. The molecule has 4 N–H and O–H groups in total. The van der Waals surface area contributed by atoms with Crippen molar-refractivity contribution in [1.29, 1.82) is 0 Å². The van der Waals surface area contributed by atoms with Crippen LogP contribution in [0.5, 0.6) is 0 Å². The summed E-state index contributed by atoms with van der Waals surface area (Å²) in [6, 6.07) is 0.872. The molecular weight excluding hydrogens is 362 g/mol. The van der Waals surface area contributed by atoms with E-state index in [9.17, 15) is 14.4 Å². The van der Waals surface area contributed by atoms with Crippen LogP contribution in [0.2, 0.25) is 0 Å². The fourth-order valence-corrected chi connectivity index (χ4v) is 4.23. The van der Waals surface area contributed by atoms with Gasteiger partial charge in [0, 0.05) is 19.7 Å². The lowest BCUT2D eigenvalue weighted by Gasteiger charge is -2.63. The number of aryl methyl sites for hydroxylation is 1. The standard InChI is InChI=1S/C19H29N5O4/c1-4-13(16(25)20-3)10-21-23-18(27)15(9-19-6-12(7-19)8-19)22-17(26)14-5-11(2)28-24-14/h5,12-13,15,21H,4,6-10H2,1-3H3,(H,20,25)(H,22,26)(H,23,27)/t12?,13?,15-,19?/m0/s1. The van der Waals surface area contributed by atoms with Crippen LogP contribution in [0.3, 0.4) is 0 Å². The van der Waals surface area contributed by atoms with Crippen LogP contribution in [-0.4, -0.2) is 42.5 Å². The van der Waals surface area contributed by atoms with Crippen molar-refractivity contribution in [3.63, 3.8) is 0 Å². The Balaban J connectivity index is 1.57. The van der Waals surface area contributed by atoms with Gasteiger partial charge in [0.25, 0.3) is 11.8 Å². The van der Waals surface area contributed by atoms with Crippen molar-refractivity contribution in [2.24, 2.45) is 17.3 Å². The SMILES string of the molecule is CCC(CNNC(=O)[C@H](CC12CC(C1)C2)NC(=O)c1cc(C)on1)C(=O)NC. The Kier molecular flexibility index (Phi) is 6.02. The summed E-state index contributed by atoms with van der Waals surface area (Å²) in [4.78, 5) is 36.9. The molecule has 4 rings (SSSR count). The summed E-state index contributed by atoms with van der Waals surface area (Å²) in [6.07, 6.45) is 4.62. The largest absolute Gasteiger partial charge is 0.361 e. The molecule has 154 valence electrons. The minimum Gasteiger partial charge on any atom is -0.361 e. The predicted octanol–water partition coefficient (Wildman–Crippen LogP) is 0.665. The van der Waals surface area contributed by atoms with Crippen molar-refractivity contribution in [1.82, 2.24) is 26.6 Å². The van der Waals surface area contributed by atoms with E-state index in [1.54, 1.807) is 20.0 Å². The molecule has 0 aliphatic heterocycles. The summed E-state index contributed by atoms with van der Waals surface area (Å²) in [5.74, 6) is 0.254. The first-order valence-corrected chi connectivity index (χ1v) is 9.84. The third-order valence-corrected chi connectivity index (χ3v) is 5.95. The normalized spacial score (nSPS) is 24.3. The van der Waals surface area contributed by atoms with Gasteiger partial charge in [-0.15, -0.1) is 0 Å². The molecule has 1 aromatic rings. The molecule has 3 aliphatic rings. The van der Waals surface area contributed by atoms with Crippen molar-refractivity contribution in [3.8, 4) is 0 Å². The second-order valence-corrected chi connectivity index (χ2v) is 8.12. The third-order valence-electron chi connectivity index (χ3n) is 5.95. The monoisotopic (exact) mass is 391 g/mol. The first-order chi connectivity index (χ1) is 13.4. The van der Waals surface area contributed by atoms with Crippen molar-refractivity contribution in [3.05, 3.63) is 17.5 Å². The maximum absolute atomic E-state index is 12.7. The minimum absolute atomic E-state index is 0.0793. The van der Waals surface area contributed by atoms with Gasteiger partial charge in [0.05, 0.1) is 5.92 Å². The maximum Gasteiger partial charge on any atom is 0.274 e. The summed E-state index contributed by atoms with van der Waals surface area (Å²) in [7, 11) is 1.59. The van der Waals surface area contributed by atoms with Gasteiger partial charge >= 0.3 is 0 Å². The average Bonchev–Trinajstić information content (AvgIpc) is 3.05. The van der Waals surface area contributed by atoms with Crippen molar-refractivity contribution < 1.29 is 18.9 Å². The maximum atomic E-state index is 12.7. The summed E-state index contributed by atoms with van der Waals surface area (Å²) in [5, 5.41) is 9.11. The first kappa shape index (κ1) is 20.3. The lowest BCUT2D eigenvalue weighted by molar-refractivity contribution is -0.137. The van der Waals surface area contributed by atoms with Crippen molar-refractivity contribution in [2.45, 2.75) is 52.0 Å². The van der Waals surface area contributed by atoms with E-state index in [1.807, 2.05) is 6.92 Å². The van der Waals surface area contributed by atoms with Crippen LogP contribution in [0.4, 0.5) is 0 Å². The fourth-order valence-electron chi connectivity index (χ4n) is 4.23. The van der Waals surface area contributed by atoms with E-state index in [2.05, 4.69) is 26.6 Å². The van der Waals surface area contributed by atoms with Crippen LogP contribution in [0.15, 0.2) is 10.6 Å². The molecule has 2 atom stereocenters. The zero-order chi connectivity index (χ0) is 20.3. The van der Waals surface area contributed by atoms with Gasteiger partial charge in [0.15, 0.2) is 5.69 Å². The third kappa shape index (κ3) is 4.35. The Morgan fingerprint density at radius 2 is 2.00 bits per heavy atom. The number of nitrogens with one attached hydrogen (secondary N) is 4. The summed E-state index contributed by atoms with van der Waals surface area (Å²) in [5.41, 5.74) is 5.82. The molecule has 3 saturated carbocycles. The van der Waals surface area contributed by atoms with Crippen LogP contribution in [-0.2, 0) is 9.59 Å². The van der Waals surface area contributed by atoms with E-state index in [0.717, 1.165) is 25.2 Å². The zero-order valence-electron chi connectivity index (χ0n) is 16.6. The number of hydrogen-bond donors (Lipinski definition) is 4. The Bertz CT molecular complexity index is 729. The average molecular weight is 391 g/mol. The summed E-state index contributed by atoms with van der Waals surface area (Å²) < 4.78 is 4.94. The van der Waals surface area contributed by atoms with E-state index < -0.39 is 11.9 Å². The zero-order valence-corrected chi connectivity index (χ0v) is 16.6. The van der Waals surface area contributed by atoms with E-state index in [1.165, 1.54) is 0 Å². The number of hydrazine groups is 1. The van der Waals surface area contributed by atoms with Crippen molar-refractivity contribution >= 4 is 17.7 Å². The predicted molar refractivity (Wildman–Crippen MR) is 101 cm³/mol. The molecule has 9 heteroatoms. The number of rotatable bonds is 10. The van der Waals surface area contributed by atoms with Gasteiger partial charge in [0.1, 0.15) is 11.8 Å². The molecule has 28 heavy (non-hydrogen) atoms. The van der Waals surface area contributed by atoms with Crippen LogP contribution in [0, 0.1) is 24.2 Å². The van der Waals surface area contributed by atoms with Crippen LogP contribution in [0.25, 0.3) is 0 Å². The highest BCUT2D eigenvalue weighted by Gasteiger charge is 2.57. The summed E-state index contributed by atoms with van der Waals surface area (Å²) in [6.45, 7) is 3.93. The Morgan fingerprint density at radius 1 is 1.29 bits per heavy atom. The first-order valence-electron chi connectivity index (χ1n) is 9.84. The van der Waals surface area contributed by atoms with E-state index in [-0.39, 0.29) is 28.8 Å². The summed E-state index contributed by atoms with van der Waals surface area (Å²) >= 11 is 0. The van der Waals surface area contributed by atoms with E-state index in [4.69, 9.17) is 4.52 Å². The smallest absolute Gasteiger partial charge is 0.274 e. The van der Waals surface area contributed by atoms with Gasteiger partial charge in [-0.1, -0.05) is 12.1 Å². The number of amides is 3. The molecular formula is C19H29N5O4. The lowest BCUT2D eigenvalue weighted by atomic mass is 9.43. The van der Waals surface area contributed by atoms with Gasteiger partial charge in [-0.3, -0.25) is 19.8 Å². The van der Waals surface area contributed by atoms with Gasteiger partial charge in [0.2, 0.25) is 5.91 Å². The van der Waals surface area contributed by atoms with Crippen LogP contribution in [0.1, 0.15) is 55.3 Å². The van der Waals surface area contributed by atoms with Gasteiger partial charge < -0.3 is 15.2 Å². The fraction of sp³-hybridized carbons (Fsp3) is 0.684. The number of aromatic nitrogens is 1. The molecule has 0 radical (unpaired) electrons. The Morgan fingerprint density at radius 3 is 2.50 bits per heavy atom. The molecule has 1 unspecified atom stereocenters. The highest BCUT2D eigenvalue weighted by molar-refractivity contribution is 5.96. The molecule has 0 aromatic carbocycles. The molecule has 1 aromatic heterocycles. The van der Waals surface area contributed by atoms with Gasteiger partial charge in [-0.2, -0.15) is 0 Å². The number of nitrogens with zero attached hydrogens (tertiary/aromatic N) is 1. The van der Waals surface area contributed by atoms with E-state index >= 15 is 0 Å². The highest BCUT2D eigenvalue weighted by Crippen LogP contribution is 2.66. The minimum atomic E-state index is -0.668. The van der Waals surface area contributed by atoms with Crippen LogP contribution >= 0.6 is 0 Å². The van der Waals surface area contributed by atoms with E-state index in [0.29, 0.717) is 25.1 Å². The Labute approximate surface area is 164 Å². The molecule has 3 aliphatic carbocycles. The molecule has 9 nitrogen and oxygen atoms in total. The molecule has 3 fully saturated rings. The lowest BCUT2D eigenvalue weighted by Crippen LogP contribution is -2.59. The Hall–Kier alpha value is -2.42. The quantitative estimate of drug-likeness (QED) is 0.434. The molecule has 2 bridgehead atoms. The second kappa shape index (κ2) is 8.30. The van der Waals surface area contributed by atoms with Gasteiger partial charge in [-0.05, 0) is 50.4 Å². The highest BCUT2D eigenvalue weighted by atomic mass is 16.5. The number of carbonyl (C=O) groups is 3. The molecule has 1 heterocycles. The second-order valence-electron chi connectivity index (χ2n) is 8.12. The van der Waals surface area contributed by atoms with Crippen molar-refractivity contribution in [2.75, 3.05) is 13.6 Å². The number of carbonyl (C=O) groups excluding carboxylic acids is 3. The topological polar surface area (TPSA) is 125 Å². The number of hydrogen-bond acceptors (Lipinski definition) is 6. The molecule has 0 saturated heterocycles. The van der Waals surface area contributed by atoms with Gasteiger partial charge in [-0.25, -0.2) is 5.43 Å². The van der Waals surface area contributed by atoms with Crippen LogP contribution < -0.4 is 21.5 Å². The molecule has 0 spiro atoms.